The highest BCUT2D eigenvalue weighted by Gasteiger charge is 2.48. The maximum Gasteiger partial charge on any atom is 0.573 e. The Morgan fingerprint density at radius 1 is 1.03 bits per heavy atom. The molecular weight excluding hydrogens is 477 g/mol. The van der Waals surface area contributed by atoms with Crippen molar-refractivity contribution < 1.29 is 32.6 Å². The molecule has 1 amide bonds. The van der Waals surface area contributed by atoms with Crippen LogP contribution in [0.4, 0.5) is 19.0 Å². The molecule has 1 aliphatic rings. The molecule has 2 aromatic carbocycles. The van der Waals surface area contributed by atoms with Gasteiger partial charge in [-0.1, -0.05) is 50.2 Å². The van der Waals surface area contributed by atoms with E-state index in [-0.39, 0.29) is 22.9 Å². The second kappa shape index (κ2) is 9.40. The van der Waals surface area contributed by atoms with Crippen molar-refractivity contribution in [2.75, 3.05) is 4.90 Å². The molecule has 1 unspecified atom stereocenters. The summed E-state index contributed by atoms with van der Waals surface area (Å²) in [5.41, 5.74) is 1.30. The van der Waals surface area contributed by atoms with Crippen LogP contribution < -0.4 is 9.64 Å². The van der Waals surface area contributed by atoms with E-state index in [1.807, 2.05) is 13.8 Å². The molecule has 11 heteroatoms. The monoisotopic (exact) mass is 498 g/mol. The van der Waals surface area contributed by atoms with Gasteiger partial charge in [0.15, 0.2) is 5.82 Å². The van der Waals surface area contributed by atoms with Gasteiger partial charge in [0.1, 0.15) is 17.3 Å². The van der Waals surface area contributed by atoms with Gasteiger partial charge in [0.25, 0.3) is 5.78 Å². The lowest BCUT2D eigenvalue weighted by atomic mass is 9.94. The number of carbonyl (C=O) groups excluding carboxylic acids is 2. The summed E-state index contributed by atoms with van der Waals surface area (Å²) in [6, 6.07) is 10.3. The number of aryl methyl sites for hydroxylation is 1. The lowest BCUT2D eigenvalue weighted by Gasteiger charge is -2.24. The number of ketones is 1. The number of carbonyl (C=O) groups is 2. The molecule has 0 saturated carbocycles. The molecule has 2 heterocycles. The molecule has 0 radical (unpaired) electrons. The summed E-state index contributed by atoms with van der Waals surface area (Å²) in [4.78, 5) is 31.2. The van der Waals surface area contributed by atoms with Gasteiger partial charge in [0.2, 0.25) is 0 Å². The summed E-state index contributed by atoms with van der Waals surface area (Å²) in [6.07, 6.45) is -3.64. The Labute approximate surface area is 204 Å². The summed E-state index contributed by atoms with van der Waals surface area (Å²) in [6.45, 7) is 5.59. The molecule has 3 aromatic rings. The molecule has 186 valence electrons. The van der Waals surface area contributed by atoms with Crippen molar-refractivity contribution in [2.45, 2.75) is 39.1 Å². The minimum atomic E-state index is -4.89. The minimum Gasteiger partial charge on any atom is -0.507 e. The van der Waals surface area contributed by atoms with E-state index in [0.717, 1.165) is 22.6 Å². The summed E-state index contributed by atoms with van der Waals surface area (Å²) >= 11 is 0. The average molecular weight is 498 g/mol. The number of hydrogen-bond acceptors (Lipinski definition) is 7. The summed E-state index contributed by atoms with van der Waals surface area (Å²) in [5.74, 6) is -2.39. The maximum absolute atomic E-state index is 13.1. The Morgan fingerprint density at radius 3 is 2.19 bits per heavy atom. The number of alkyl halides is 3. The predicted octanol–water partition coefficient (Wildman–Crippen LogP) is 4.83. The zero-order valence-electron chi connectivity index (χ0n) is 19.4. The van der Waals surface area contributed by atoms with Gasteiger partial charge in [0, 0.05) is 5.56 Å². The number of ether oxygens (including phenoxy) is 1. The van der Waals surface area contributed by atoms with Crippen LogP contribution in [-0.4, -0.2) is 38.3 Å². The third-order valence-electron chi connectivity index (χ3n) is 5.64. The van der Waals surface area contributed by atoms with Crippen molar-refractivity contribution in [3.63, 3.8) is 0 Å². The van der Waals surface area contributed by atoms with Crippen molar-refractivity contribution in [1.82, 2.24) is 15.2 Å². The van der Waals surface area contributed by atoms with Crippen LogP contribution >= 0.6 is 0 Å². The van der Waals surface area contributed by atoms with Crippen molar-refractivity contribution in [2.24, 2.45) is 0 Å². The van der Waals surface area contributed by atoms with Gasteiger partial charge >= 0.3 is 12.3 Å². The molecule has 1 atom stereocenters. The lowest BCUT2D eigenvalue weighted by Crippen LogP contribution is -2.30. The van der Waals surface area contributed by atoms with E-state index in [1.165, 1.54) is 18.3 Å². The molecular formula is C25H21F3N4O4. The number of anilines is 1. The fraction of sp³-hybridized carbons (Fsp3) is 0.240. The first-order valence-corrected chi connectivity index (χ1v) is 10.9. The Bertz CT molecular complexity index is 1320. The summed E-state index contributed by atoms with van der Waals surface area (Å²) in [5, 5.41) is 18.9. The van der Waals surface area contributed by atoms with Crippen LogP contribution in [0.5, 0.6) is 5.75 Å². The number of aromatic nitrogens is 3. The first kappa shape index (κ1) is 24.8. The average Bonchev–Trinajstić information content (AvgIpc) is 3.09. The van der Waals surface area contributed by atoms with E-state index in [2.05, 4.69) is 19.9 Å². The van der Waals surface area contributed by atoms with Crippen LogP contribution in [0, 0.1) is 6.92 Å². The van der Waals surface area contributed by atoms with Gasteiger partial charge in [-0.3, -0.25) is 14.5 Å². The SMILES string of the molecule is Cc1ncc(N2C(=O)C(=O)C(=C(O)c3ccc(C(C)C)cc3)C2c2ccc(OC(F)(F)F)cc2)nn1. The Morgan fingerprint density at radius 2 is 1.67 bits per heavy atom. The van der Waals surface area contributed by atoms with Crippen LogP contribution in [-0.2, 0) is 9.59 Å². The lowest BCUT2D eigenvalue weighted by molar-refractivity contribution is -0.274. The Hall–Kier alpha value is -4.28. The first-order chi connectivity index (χ1) is 17.0. The second-order valence-electron chi connectivity index (χ2n) is 8.43. The van der Waals surface area contributed by atoms with Gasteiger partial charge in [-0.2, -0.15) is 0 Å². The van der Waals surface area contributed by atoms with Gasteiger partial charge < -0.3 is 9.84 Å². The second-order valence-corrected chi connectivity index (χ2v) is 8.43. The number of rotatable bonds is 5. The summed E-state index contributed by atoms with van der Waals surface area (Å²) < 4.78 is 41.8. The van der Waals surface area contributed by atoms with E-state index in [9.17, 15) is 27.9 Å². The van der Waals surface area contributed by atoms with Crippen LogP contribution in [0.25, 0.3) is 5.76 Å². The molecule has 4 rings (SSSR count). The molecule has 1 N–H and O–H groups in total. The quantitative estimate of drug-likeness (QED) is 0.305. The Balaban J connectivity index is 1.85. The van der Waals surface area contributed by atoms with Crippen LogP contribution in [0.2, 0.25) is 0 Å². The van der Waals surface area contributed by atoms with Crippen LogP contribution in [0.15, 0.2) is 60.3 Å². The maximum atomic E-state index is 13.1. The Kier molecular flexibility index (Phi) is 6.49. The van der Waals surface area contributed by atoms with E-state index in [1.54, 1.807) is 31.2 Å². The minimum absolute atomic E-state index is 0.0578. The number of amides is 1. The summed E-state index contributed by atoms with van der Waals surface area (Å²) in [7, 11) is 0. The molecule has 1 saturated heterocycles. The zero-order chi connectivity index (χ0) is 26.2. The molecule has 1 fully saturated rings. The predicted molar refractivity (Wildman–Crippen MR) is 123 cm³/mol. The topological polar surface area (TPSA) is 106 Å². The largest absolute Gasteiger partial charge is 0.573 e. The van der Waals surface area contributed by atoms with E-state index in [0.29, 0.717) is 11.4 Å². The number of Topliss-reactive ketones (excluding diaryl/α,β-unsaturated/α-hetero) is 1. The third-order valence-corrected chi connectivity index (χ3v) is 5.64. The van der Waals surface area contributed by atoms with E-state index < -0.39 is 35.6 Å². The number of aliphatic hydroxyl groups excluding tert-OH is 1. The van der Waals surface area contributed by atoms with Gasteiger partial charge in [-0.25, -0.2) is 4.98 Å². The van der Waals surface area contributed by atoms with E-state index >= 15 is 0 Å². The van der Waals surface area contributed by atoms with Crippen molar-refractivity contribution in [1.29, 1.82) is 0 Å². The van der Waals surface area contributed by atoms with Crippen LogP contribution in [0.1, 0.15) is 48.3 Å². The fourth-order valence-corrected chi connectivity index (χ4v) is 3.85. The highest BCUT2D eigenvalue weighted by molar-refractivity contribution is 6.51. The van der Waals surface area contributed by atoms with Crippen molar-refractivity contribution in [3.05, 3.63) is 82.8 Å². The third kappa shape index (κ3) is 4.90. The molecule has 0 spiro atoms. The van der Waals surface area contributed by atoms with Crippen molar-refractivity contribution >= 4 is 23.3 Å². The van der Waals surface area contributed by atoms with Crippen LogP contribution in [0.3, 0.4) is 0 Å². The number of nitrogens with zero attached hydrogens (tertiary/aromatic N) is 4. The van der Waals surface area contributed by atoms with Gasteiger partial charge in [0.05, 0.1) is 17.8 Å². The molecule has 8 nitrogen and oxygen atoms in total. The highest BCUT2D eigenvalue weighted by atomic mass is 19.4. The number of aliphatic hydroxyl groups is 1. The molecule has 36 heavy (non-hydrogen) atoms. The molecule has 0 bridgehead atoms. The van der Waals surface area contributed by atoms with E-state index in [4.69, 9.17) is 0 Å². The number of benzene rings is 2. The smallest absolute Gasteiger partial charge is 0.507 e. The number of halogens is 3. The molecule has 1 aromatic heterocycles. The molecule has 0 aliphatic carbocycles. The number of hydrogen-bond donors (Lipinski definition) is 1. The molecule has 1 aliphatic heterocycles. The fourth-order valence-electron chi connectivity index (χ4n) is 3.85. The zero-order valence-corrected chi connectivity index (χ0v) is 19.4. The van der Waals surface area contributed by atoms with Gasteiger partial charge in [-0.05, 0) is 36.1 Å². The highest BCUT2D eigenvalue weighted by Crippen LogP contribution is 2.42. The standard InChI is InChI=1S/C25H21F3N4O4/c1-13(2)15-4-6-17(7-5-15)22(33)20-21(16-8-10-18(11-9-16)36-25(26,27)28)32(24(35)23(20)34)19-12-29-14(3)30-31-19/h4-13,21,33H,1-3H3. The van der Waals surface area contributed by atoms with Gasteiger partial charge in [-0.15, -0.1) is 23.4 Å². The normalized spacial score (nSPS) is 17.6. The first-order valence-electron chi connectivity index (χ1n) is 10.9. The van der Waals surface area contributed by atoms with Crippen molar-refractivity contribution in [3.8, 4) is 5.75 Å².